The van der Waals surface area contributed by atoms with Gasteiger partial charge in [-0.2, -0.15) is 0 Å². The number of carbonyl (C=O) groups is 1. The summed E-state index contributed by atoms with van der Waals surface area (Å²) in [5.41, 5.74) is 0. The molecule has 0 bridgehead atoms. The normalized spacial score (nSPS) is 14.9. The predicted molar refractivity (Wildman–Crippen MR) is 27.5 cm³/mol. The summed E-state index contributed by atoms with van der Waals surface area (Å²) < 4.78 is 0. The van der Waals surface area contributed by atoms with E-state index in [0.717, 1.165) is 13.0 Å². The minimum atomic E-state index is 0.185. The highest BCUT2D eigenvalue weighted by Crippen LogP contribution is 1.85. The highest BCUT2D eigenvalue weighted by molar-refractivity contribution is 5.81. The van der Waals surface area contributed by atoms with Crippen molar-refractivity contribution < 1.29 is 4.79 Å². The SMILES string of the molecule is C#C.O=C1CCN1. The molecule has 2 nitrogen and oxygen atoms in total. The van der Waals surface area contributed by atoms with E-state index in [1.807, 2.05) is 0 Å². The molecule has 0 aromatic heterocycles. The van der Waals surface area contributed by atoms with Gasteiger partial charge in [0.25, 0.3) is 0 Å². The lowest BCUT2D eigenvalue weighted by Gasteiger charge is -2.10. The molecule has 1 heterocycles. The lowest BCUT2D eigenvalue weighted by molar-refractivity contribution is -0.125. The van der Waals surface area contributed by atoms with Gasteiger partial charge in [-0.1, -0.05) is 0 Å². The van der Waals surface area contributed by atoms with Crippen LogP contribution in [0.2, 0.25) is 0 Å². The first-order chi connectivity index (χ1) is 3.39. The molecule has 1 aliphatic rings. The smallest absolute Gasteiger partial charge is 0.221 e. The first kappa shape index (κ1) is 6.03. The molecule has 1 aliphatic heterocycles. The van der Waals surface area contributed by atoms with Gasteiger partial charge in [-0.3, -0.25) is 4.79 Å². The fourth-order valence-corrected chi connectivity index (χ4v) is 0.227. The second kappa shape index (κ2) is 3.23. The highest BCUT2D eigenvalue weighted by atomic mass is 16.2. The van der Waals surface area contributed by atoms with Crippen LogP contribution in [-0.2, 0) is 4.79 Å². The highest BCUT2D eigenvalue weighted by Gasteiger charge is 2.07. The van der Waals surface area contributed by atoms with Gasteiger partial charge in [-0.05, 0) is 0 Å². The monoisotopic (exact) mass is 97.1 g/mol. The van der Waals surface area contributed by atoms with Crippen molar-refractivity contribution in [3.63, 3.8) is 0 Å². The number of nitrogens with one attached hydrogen (secondary N) is 1. The summed E-state index contributed by atoms with van der Waals surface area (Å²) in [7, 11) is 0. The first-order valence-corrected chi connectivity index (χ1v) is 1.99. The minimum Gasteiger partial charge on any atom is -0.356 e. The molecule has 1 rings (SSSR count). The summed E-state index contributed by atoms with van der Waals surface area (Å²) >= 11 is 0. The Morgan fingerprint density at radius 3 is 1.86 bits per heavy atom. The van der Waals surface area contributed by atoms with Gasteiger partial charge in [0.2, 0.25) is 5.91 Å². The van der Waals surface area contributed by atoms with Crippen molar-refractivity contribution in [2.45, 2.75) is 6.42 Å². The van der Waals surface area contributed by atoms with Gasteiger partial charge in [0, 0.05) is 13.0 Å². The van der Waals surface area contributed by atoms with Gasteiger partial charge in [0.05, 0.1) is 0 Å². The van der Waals surface area contributed by atoms with E-state index in [9.17, 15) is 4.79 Å². The fraction of sp³-hybridized carbons (Fsp3) is 0.400. The van der Waals surface area contributed by atoms with Crippen LogP contribution in [0, 0.1) is 12.8 Å². The van der Waals surface area contributed by atoms with Crippen LogP contribution in [-0.4, -0.2) is 12.5 Å². The summed E-state index contributed by atoms with van der Waals surface area (Å²) in [4.78, 5) is 9.79. The summed E-state index contributed by atoms with van der Waals surface area (Å²) in [5.74, 6) is 0.185. The maximum Gasteiger partial charge on any atom is 0.221 e. The number of carbonyl (C=O) groups excluding carboxylic acids is 1. The Bertz CT molecular complexity index is 79.3. The quantitative estimate of drug-likeness (QED) is 0.328. The summed E-state index contributed by atoms with van der Waals surface area (Å²) in [6.45, 7) is 0.888. The molecule has 1 amide bonds. The number of hydrogen-bond acceptors (Lipinski definition) is 1. The van der Waals surface area contributed by atoms with Gasteiger partial charge >= 0.3 is 0 Å². The predicted octanol–water partition coefficient (Wildman–Crippen LogP) is -0.244. The maximum atomic E-state index is 9.79. The first-order valence-electron chi connectivity index (χ1n) is 1.99. The number of amides is 1. The van der Waals surface area contributed by atoms with E-state index in [-0.39, 0.29) is 5.91 Å². The molecule has 0 spiro atoms. The topological polar surface area (TPSA) is 29.1 Å². The van der Waals surface area contributed by atoms with Crippen molar-refractivity contribution in [3.8, 4) is 12.8 Å². The van der Waals surface area contributed by atoms with Crippen molar-refractivity contribution in [2.24, 2.45) is 0 Å². The van der Waals surface area contributed by atoms with Crippen molar-refractivity contribution in [2.75, 3.05) is 6.54 Å². The van der Waals surface area contributed by atoms with Crippen LogP contribution >= 0.6 is 0 Å². The molecule has 0 aromatic carbocycles. The Kier molecular flexibility index (Phi) is 2.78. The van der Waals surface area contributed by atoms with Gasteiger partial charge in [-0.15, -0.1) is 12.8 Å². The molecule has 0 radical (unpaired) electrons. The van der Waals surface area contributed by atoms with Gasteiger partial charge in [-0.25, -0.2) is 0 Å². The molecule has 2 heteroatoms. The average molecular weight is 97.1 g/mol. The summed E-state index contributed by atoms with van der Waals surface area (Å²) in [6.07, 6.45) is 8.74. The lowest BCUT2D eigenvalue weighted by atomic mass is 10.3. The van der Waals surface area contributed by atoms with Gasteiger partial charge in [0.1, 0.15) is 0 Å². The van der Waals surface area contributed by atoms with E-state index in [4.69, 9.17) is 0 Å². The van der Waals surface area contributed by atoms with E-state index >= 15 is 0 Å². The minimum absolute atomic E-state index is 0.185. The van der Waals surface area contributed by atoms with Gasteiger partial charge in [0.15, 0.2) is 0 Å². The number of terminal acetylenes is 1. The Labute approximate surface area is 42.9 Å². The Morgan fingerprint density at radius 2 is 1.86 bits per heavy atom. The van der Waals surface area contributed by atoms with Crippen LogP contribution in [0.5, 0.6) is 0 Å². The van der Waals surface area contributed by atoms with Crippen molar-refractivity contribution >= 4 is 5.91 Å². The zero-order valence-corrected chi connectivity index (χ0v) is 3.98. The van der Waals surface area contributed by atoms with Gasteiger partial charge < -0.3 is 5.32 Å². The second-order valence-corrected chi connectivity index (χ2v) is 1.10. The molecule has 7 heavy (non-hydrogen) atoms. The zero-order valence-electron chi connectivity index (χ0n) is 3.98. The Morgan fingerprint density at radius 1 is 1.57 bits per heavy atom. The lowest BCUT2D eigenvalue weighted by Crippen LogP contribution is -2.37. The molecule has 1 saturated heterocycles. The van der Waals surface area contributed by atoms with Crippen LogP contribution < -0.4 is 5.32 Å². The van der Waals surface area contributed by atoms with E-state index < -0.39 is 0 Å². The summed E-state index contributed by atoms with van der Waals surface area (Å²) in [6, 6.07) is 0. The van der Waals surface area contributed by atoms with Crippen molar-refractivity contribution in [1.82, 2.24) is 5.32 Å². The van der Waals surface area contributed by atoms with Crippen molar-refractivity contribution in [3.05, 3.63) is 0 Å². The maximum absolute atomic E-state index is 9.79. The standard InChI is InChI=1S/C3H5NO.C2H2/c5-3-1-2-4-3;1-2/h1-2H2,(H,4,5);1-2H. The number of rotatable bonds is 0. The molecule has 0 saturated carbocycles. The Hall–Kier alpha value is -0.970. The molecule has 1 N–H and O–H groups in total. The molecule has 0 aliphatic carbocycles. The third kappa shape index (κ3) is 1.83. The number of hydrogen-bond donors (Lipinski definition) is 1. The largest absolute Gasteiger partial charge is 0.356 e. The van der Waals surface area contributed by atoms with E-state index in [1.165, 1.54) is 0 Å². The molecule has 1 fully saturated rings. The fourth-order valence-electron chi connectivity index (χ4n) is 0.227. The van der Waals surface area contributed by atoms with E-state index in [1.54, 1.807) is 0 Å². The molecular weight excluding hydrogens is 90.1 g/mol. The van der Waals surface area contributed by atoms with Crippen LogP contribution in [0.4, 0.5) is 0 Å². The molecule has 0 aromatic rings. The van der Waals surface area contributed by atoms with Crippen LogP contribution in [0.15, 0.2) is 0 Å². The van der Waals surface area contributed by atoms with Crippen molar-refractivity contribution in [1.29, 1.82) is 0 Å². The molecule has 0 unspecified atom stereocenters. The second-order valence-electron chi connectivity index (χ2n) is 1.10. The van der Waals surface area contributed by atoms with E-state index in [2.05, 4.69) is 18.2 Å². The molecular formula is C5H7NO. The zero-order chi connectivity index (χ0) is 5.70. The third-order valence-electron chi connectivity index (χ3n) is 0.674. The van der Waals surface area contributed by atoms with E-state index in [0.29, 0.717) is 0 Å². The molecule has 38 valence electrons. The molecule has 0 atom stereocenters. The Balaban J connectivity index is 0.000000162. The summed E-state index contributed by atoms with van der Waals surface area (Å²) in [5, 5.41) is 2.57. The average Bonchev–Trinajstić information content (AvgIpc) is 1.68. The third-order valence-corrected chi connectivity index (χ3v) is 0.674. The van der Waals surface area contributed by atoms with Crippen LogP contribution in [0.25, 0.3) is 0 Å². The number of β-lactam (4-membered cyclic amide) rings is 1. The van der Waals surface area contributed by atoms with Crippen LogP contribution in [0.3, 0.4) is 0 Å². The van der Waals surface area contributed by atoms with Crippen LogP contribution in [0.1, 0.15) is 6.42 Å².